The minimum Gasteiger partial charge on any atom is -0.406 e. The van der Waals surface area contributed by atoms with Crippen molar-refractivity contribution in [2.75, 3.05) is 4.72 Å². The molecule has 4 nitrogen and oxygen atoms in total. The number of sulfonamides is 1. The molecule has 0 atom stereocenters. The number of aryl methyl sites for hydroxylation is 2. The topological polar surface area (TPSA) is 55.4 Å². The second-order valence-electron chi connectivity index (χ2n) is 4.95. The Labute approximate surface area is 132 Å². The molecule has 0 bridgehead atoms. The number of nitrogens with one attached hydrogen (secondary N) is 1. The lowest BCUT2D eigenvalue weighted by Gasteiger charge is -2.13. The van der Waals surface area contributed by atoms with E-state index < -0.39 is 22.1 Å². The van der Waals surface area contributed by atoms with Gasteiger partial charge in [0, 0.05) is 0 Å². The number of benzene rings is 2. The van der Waals surface area contributed by atoms with Crippen LogP contribution in [0.15, 0.2) is 47.4 Å². The third-order valence-electron chi connectivity index (χ3n) is 2.98. The first kappa shape index (κ1) is 17.1. The molecule has 124 valence electrons. The van der Waals surface area contributed by atoms with E-state index in [1.165, 1.54) is 25.1 Å². The molecule has 2 aromatic rings. The lowest BCUT2D eigenvalue weighted by atomic mass is 10.2. The molecular weight excluding hydrogens is 331 g/mol. The Balaban J connectivity index is 2.26. The third-order valence-corrected chi connectivity index (χ3v) is 4.34. The van der Waals surface area contributed by atoms with Gasteiger partial charge in [0.1, 0.15) is 5.75 Å². The number of alkyl halides is 3. The average Bonchev–Trinajstić information content (AvgIpc) is 2.40. The molecule has 2 rings (SSSR count). The minimum atomic E-state index is -4.80. The first-order valence-electron chi connectivity index (χ1n) is 6.53. The molecular formula is C15H14F3NO3S. The number of ether oxygens (including phenoxy) is 1. The molecule has 0 aromatic heterocycles. The van der Waals surface area contributed by atoms with E-state index in [1.807, 2.05) is 0 Å². The third kappa shape index (κ3) is 4.62. The Morgan fingerprint density at radius 3 is 2.30 bits per heavy atom. The van der Waals surface area contributed by atoms with E-state index in [2.05, 4.69) is 9.46 Å². The standard InChI is InChI=1S/C15H14F3NO3S/c1-10-4-3-5-13(8-10)23(20,21)19-14-7-6-12(9-11(14)2)22-15(16,17)18/h3-9,19H,1-2H3. The largest absolute Gasteiger partial charge is 0.573 e. The van der Waals surface area contributed by atoms with Crippen molar-refractivity contribution in [3.8, 4) is 5.75 Å². The predicted molar refractivity (Wildman–Crippen MR) is 79.8 cm³/mol. The Bertz CT molecular complexity index is 817. The number of halogens is 3. The van der Waals surface area contributed by atoms with Crippen LogP contribution in [0.1, 0.15) is 11.1 Å². The fourth-order valence-corrected chi connectivity index (χ4v) is 3.17. The van der Waals surface area contributed by atoms with Crippen LogP contribution >= 0.6 is 0 Å². The van der Waals surface area contributed by atoms with E-state index in [0.717, 1.165) is 17.7 Å². The Hall–Kier alpha value is -2.22. The number of rotatable bonds is 4. The monoisotopic (exact) mass is 345 g/mol. The zero-order chi connectivity index (χ0) is 17.3. The number of hydrogen-bond acceptors (Lipinski definition) is 3. The molecule has 0 fully saturated rings. The van der Waals surface area contributed by atoms with Gasteiger partial charge in [-0.05, 0) is 55.3 Å². The molecule has 8 heteroatoms. The van der Waals surface area contributed by atoms with Crippen molar-refractivity contribution >= 4 is 15.7 Å². The fraction of sp³-hybridized carbons (Fsp3) is 0.200. The molecule has 0 saturated carbocycles. The summed E-state index contributed by atoms with van der Waals surface area (Å²) in [5, 5.41) is 0. The van der Waals surface area contributed by atoms with Gasteiger partial charge in [-0.1, -0.05) is 12.1 Å². The predicted octanol–water partition coefficient (Wildman–Crippen LogP) is 4.00. The summed E-state index contributed by atoms with van der Waals surface area (Å²) in [6, 6.07) is 9.69. The van der Waals surface area contributed by atoms with Gasteiger partial charge in [-0.3, -0.25) is 4.72 Å². The van der Waals surface area contributed by atoms with E-state index in [1.54, 1.807) is 19.1 Å². The van der Waals surface area contributed by atoms with Gasteiger partial charge in [0.2, 0.25) is 0 Å². The molecule has 0 radical (unpaired) electrons. The minimum absolute atomic E-state index is 0.0764. The van der Waals surface area contributed by atoms with E-state index in [9.17, 15) is 21.6 Å². The summed E-state index contributed by atoms with van der Waals surface area (Å²) < 4.78 is 67.3. The van der Waals surface area contributed by atoms with E-state index >= 15 is 0 Å². The van der Waals surface area contributed by atoms with Gasteiger partial charge < -0.3 is 4.74 Å². The van der Waals surface area contributed by atoms with Crippen LogP contribution in [-0.2, 0) is 10.0 Å². The van der Waals surface area contributed by atoms with Crippen molar-refractivity contribution in [1.82, 2.24) is 0 Å². The van der Waals surface area contributed by atoms with Gasteiger partial charge >= 0.3 is 6.36 Å². The van der Waals surface area contributed by atoms with Crippen LogP contribution in [0.2, 0.25) is 0 Å². The zero-order valence-corrected chi connectivity index (χ0v) is 13.1. The summed E-state index contributed by atoms with van der Waals surface area (Å²) >= 11 is 0. The maximum atomic E-state index is 12.3. The summed E-state index contributed by atoms with van der Waals surface area (Å²) in [5.74, 6) is -0.409. The van der Waals surface area contributed by atoms with E-state index in [4.69, 9.17) is 0 Å². The second kappa shape index (κ2) is 6.11. The van der Waals surface area contributed by atoms with Crippen LogP contribution in [0.5, 0.6) is 5.75 Å². The van der Waals surface area contributed by atoms with Crippen LogP contribution in [0, 0.1) is 13.8 Å². The van der Waals surface area contributed by atoms with Gasteiger partial charge in [-0.15, -0.1) is 13.2 Å². The summed E-state index contributed by atoms with van der Waals surface area (Å²) in [5.41, 5.74) is 1.27. The fourth-order valence-electron chi connectivity index (χ4n) is 1.93. The van der Waals surface area contributed by atoms with Gasteiger partial charge in [-0.25, -0.2) is 8.42 Å². The smallest absolute Gasteiger partial charge is 0.406 e. The van der Waals surface area contributed by atoms with Crippen molar-refractivity contribution in [1.29, 1.82) is 0 Å². The molecule has 0 heterocycles. The van der Waals surface area contributed by atoms with Crippen LogP contribution < -0.4 is 9.46 Å². The lowest BCUT2D eigenvalue weighted by Crippen LogP contribution is -2.17. The summed E-state index contributed by atoms with van der Waals surface area (Å²) in [4.78, 5) is 0.0764. The number of anilines is 1. The Morgan fingerprint density at radius 1 is 1.04 bits per heavy atom. The lowest BCUT2D eigenvalue weighted by molar-refractivity contribution is -0.274. The quantitative estimate of drug-likeness (QED) is 0.911. The molecule has 0 aliphatic rings. The van der Waals surface area contributed by atoms with Crippen molar-refractivity contribution < 1.29 is 26.3 Å². The van der Waals surface area contributed by atoms with Crippen LogP contribution in [0.3, 0.4) is 0 Å². The van der Waals surface area contributed by atoms with Crippen LogP contribution in [-0.4, -0.2) is 14.8 Å². The second-order valence-corrected chi connectivity index (χ2v) is 6.63. The molecule has 0 unspecified atom stereocenters. The maximum Gasteiger partial charge on any atom is 0.573 e. The molecule has 0 saturated heterocycles. The molecule has 0 spiro atoms. The molecule has 23 heavy (non-hydrogen) atoms. The van der Waals surface area contributed by atoms with E-state index in [0.29, 0.717) is 5.56 Å². The van der Waals surface area contributed by atoms with E-state index in [-0.39, 0.29) is 10.6 Å². The Morgan fingerprint density at radius 2 is 1.74 bits per heavy atom. The van der Waals surface area contributed by atoms with Crippen molar-refractivity contribution in [2.45, 2.75) is 25.1 Å². The highest BCUT2D eigenvalue weighted by molar-refractivity contribution is 7.92. The average molecular weight is 345 g/mol. The summed E-state index contributed by atoms with van der Waals surface area (Å²) in [6.45, 7) is 3.24. The van der Waals surface area contributed by atoms with Gasteiger partial charge in [-0.2, -0.15) is 0 Å². The summed E-state index contributed by atoms with van der Waals surface area (Å²) in [6.07, 6.45) is -4.80. The van der Waals surface area contributed by atoms with Gasteiger partial charge in [0.25, 0.3) is 10.0 Å². The maximum absolute atomic E-state index is 12.3. The van der Waals surface area contributed by atoms with Crippen molar-refractivity contribution in [2.24, 2.45) is 0 Å². The number of hydrogen-bond donors (Lipinski definition) is 1. The van der Waals surface area contributed by atoms with Crippen LogP contribution in [0.25, 0.3) is 0 Å². The normalized spacial score (nSPS) is 12.0. The highest BCUT2D eigenvalue weighted by Crippen LogP contribution is 2.28. The summed E-state index contributed by atoms with van der Waals surface area (Å²) in [7, 11) is -3.82. The molecule has 2 aromatic carbocycles. The highest BCUT2D eigenvalue weighted by atomic mass is 32.2. The Kier molecular flexibility index (Phi) is 4.56. The van der Waals surface area contributed by atoms with Gasteiger partial charge in [0.05, 0.1) is 10.6 Å². The SMILES string of the molecule is Cc1cccc(S(=O)(=O)Nc2ccc(OC(F)(F)F)cc2C)c1. The van der Waals surface area contributed by atoms with Crippen LogP contribution in [0.4, 0.5) is 18.9 Å². The molecule has 0 amide bonds. The highest BCUT2D eigenvalue weighted by Gasteiger charge is 2.31. The first-order valence-corrected chi connectivity index (χ1v) is 8.01. The van der Waals surface area contributed by atoms with Crippen molar-refractivity contribution in [3.63, 3.8) is 0 Å². The zero-order valence-electron chi connectivity index (χ0n) is 12.3. The van der Waals surface area contributed by atoms with Gasteiger partial charge in [0.15, 0.2) is 0 Å². The van der Waals surface area contributed by atoms with Crippen molar-refractivity contribution in [3.05, 3.63) is 53.6 Å². The molecule has 0 aliphatic heterocycles. The molecule has 1 N–H and O–H groups in total. The first-order chi connectivity index (χ1) is 10.6. The molecule has 0 aliphatic carbocycles.